The highest BCUT2D eigenvalue weighted by atomic mass is 16.8. The lowest BCUT2D eigenvalue weighted by molar-refractivity contribution is -0.342. The molecule has 1 saturated carbocycles. The third-order valence-electron chi connectivity index (χ3n) is 5.58. The third-order valence-corrected chi connectivity index (χ3v) is 5.58. The van der Waals surface area contributed by atoms with Gasteiger partial charge in [0.2, 0.25) is 6.29 Å². The molecule has 3 aliphatic rings. The molecule has 0 aromatic rings. The van der Waals surface area contributed by atoms with Crippen LogP contribution < -0.4 is 0 Å². The van der Waals surface area contributed by atoms with Crippen LogP contribution in [-0.4, -0.2) is 86.3 Å². The lowest BCUT2D eigenvalue weighted by Gasteiger charge is -2.43. The number of aliphatic hydroxyl groups is 5. The summed E-state index contributed by atoms with van der Waals surface area (Å²) in [7, 11) is 0. The summed E-state index contributed by atoms with van der Waals surface area (Å²) < 4.78 is 16.3. The van der Waals surface area contributed by atoms with Gasteiger partial charge in [-0.15, -0.1) is 0 Å². The molecule has 0 aromatic heterocycles. The van der Waals surface area contributed by atoms with E-state index in [1.165, 1.54) is 0 Å². The Morgan fingerprint density at radius 3 is 2.50 bits per heavy atom. The lowest BCUT2D eigenvalue weighted by Crippen LogP contribution is -2.60. The molecule has 10 atom stereocenters. The van der Waals surface area contributed by atoms with E-state index in [1.54, 1.807) is 6.92 Å². The van der Waals surface area contributed by atoms with Crippen molar-refractivity contribution in [2.45, 2.75) is 56.4 Å². The molecule has 10 nitrogen and oxygen atoms in total. The Bertz CT molecular complexity index is 563. The number of carboxylic acids is 1. The molecule has 0 bridgehead atoms. The van der Waals surface area contributed by atoms with Gasteiger partial charge in [-0.05, 0) is 12.3 Å². The molecule has 2 fully saturated rings. The molecule has 0 radical (unpaired) electrons. The highest BCUT2D eigenvalue weighted by Crippen LogP contribution is 2.47. The van der Waals surface area contributed by atoms with Gasteiger partial charge in [-0.25, -0.2) is 4.79 Å². The maximum Gasteiger partial charge on any atom is 0.334 e. The Balaban J connectivity index is 1.79. The minimum absolute atomic E-state index is 0.0343. The predicted molar refractivity (Wildman–Crippen MR) is 82.2 cm³/mol. The summed E-state index contributed by atoms with van der Waals surface area (Å²) >= 11 is 0. The summed E-state index contributed by atoms with van der Waals surface area (Å²) in [5.74, 6) is -2.49. The first-order valence-electron chi connectivity index (χ1n) is 8.49. The second kappa shape index (κ2) is 7.39. The van der Waals surface area contributed by atoms with Crippen LogP contribution in [0.25, 0.3) is 0 Å². The molecular formula is C16H24O10. The Labute approximate surface area is 149 Å². The Hall–Kier alpha value is -1.27. The molecule has 148 valence electrons. The number of fused-ring (bicyclic) bond motifs is 1. The maximum absolute atomic E-state index is 11.4. The van der Waals surface area contributed by atoms with Crippen molar-refractivity contribution in [2.24, 2.45) is 17.8 Å². The largest absolute Gasteiger partial charge is 0.478 e. The topological polar surface area (TPSA) is 166 Å². The molecule has 0 amide bonds. The van der Waals surface area contributed by atoms with Crippen LogP contribution in [0.5, 0.6) is 0 Å². The van der Waals surface area contributed by atoms with Crippen LogP contribution in [0.15, 0.2) is 11.8 Å². The van der Waals surface area contributed by atoms with Crippen molar-refractivity contribution in [1.82, 2.24) is 0 Å². The molecule has 0 spiro atoms. The number of rotatable bonds is 4. The van der Waals surface area contributed by atoms with Gasteiger partial charge < -0.3 is 44.8 Å². The summed E-state index contributed by atoms with van der Waals surface area (Å²) in [6.07, 6.45) is -7.71. The predicted octanol–water partition coefficient (Wildman–Crippen LogP) is -2.24. The zero-order valence-electron chi connectivity index (χ0n) is 14.1. The smallest absolute Gasteiger partial charge is 0.334 e. The number of ether oxygens (including phenoxy) is 3. The third kappa shape index (κ3) is 3.22. The van der Waals surface area contributed by atoms with Gasteiger partial charge in [-0.2, -0.15) is 0 Å². The van der Waals surface area contributed by atoms with Gasteiger partial charge in [0.05, 0.1) is 24.5 Å². The van der Waals surface area contributed by atoms with E-state index in [2.05, 4.69) is 0 Å². The van der Waals surface area contributed by atoms with Crippen molar-refractivity contribution in [1.29, 1.82) is 0 Å². The molecule has 0 aromatic carbocycles. The molecular weight excluding hydrogens is 352 g/mol. The first kappa shape index (κ1) is 19.5. The second-order valence-corrected chi connectivity index (χ2v) is 7.06. The highest BCUT2D eigenvalue weighted by Gasteiger charge is 2.53. The van der Waals surface area contributed by atoms with Crippen molar-refractivity contribution in [2.75, 3.05) is 6.61 Å². The molecule has 3 rings (SSSR count). The first-order valence-corrected chi connectivity index (χ1v) is 8.49. The number of carboxylic acid groups (broad SMARTS) is 1. The molecule has 1 saturated heterocycles. The number of hydrogen-bond donors (Lipinski definition) is 6. The number of hydrogen-bond acceptors (Lipinski definition) is 9. The van der Waals surface area contributed by atoms with Crippen LogP contribution in [-0.2, 0) is 19.0 Å². The van der Waals surface area contributed by atoms with Gasteiger partial charge in [-0.3, -0.25) is 0 Å². The van der Waals surface area contributed by atoms with Crippen LogP contribution in [0.1, 0.15) is 13.3 Å². The van der Waals surface area contributed by atoms with Crippen molar-refractivity contribution in [3.63, 3.8) is 0 Å². The zero-order valence-corrected chi connectivity index (χ0v) is 14.1. The fourth-order valence-corrected chi connectivity index (χ4v) is 3.99. The minimum atomic E-state index is -1.60. The molecule has 1 aliphatic carbocycles. The lowest BCUT2D eigenvalue weighted by atomic mass is 9.83. The van der Waals surface area contributed by atoms with E-state index in [0.717, 1.165) is 6.26 Å². The van der Waals surface area contributed by atoms with Crippen LogP contribution in [0.3, 0.4) is 0 Å². The molecule has 2 aliphatic heterocycles. The average molecular weight is 376 g/mol. The highest BCUT2D eigenvalue weighted by molar-refractivity contribution is 5.87. The van der Waals surface area contributed by atoms with E-state index in [4.69, 9.17) is 14.2 Å². The molecule has 0 unspecified atom stereocenters. The van der Waals surface area contributed by atoms with E-state index < -0.39 is 67.5 Å². The standard InChI is InChI=1S/C16H24O10/c1-5-8(18)2-6-7(14(22)23)4-24-15(10(5)6)26-16-13(21)12(20)11(19)9(3-17)25-16/h4-6,8-13,15-21H,2-3H2,1H3,(H,22,23)/t5-,6-,8+,9-,10+,11+,12+,13+,15-,16+/m0/s1. The summed E-state index contributed by atoms with van der Waals surface area (Å²) in [5, 5.41) is 58.5. The maximum atomic E-state index is 11.4. The van der Waals surface area contributed by atoms with Crippen molar-refractivity contribution in [3.8, 4) is 0 Å². The SMILES string of the molecule is C[C@@H]1[C@H]2[C@H](O[C@H]3O[C@@H](CO)[C@@H](O)[C@@H](O)[C@H]3O)OC=C(C(=O)O)[C@@H]2C[C@H]1O. The van der Waals surface area contributed by atoms with Gasteiger partial charge in [0.25, 0.3) is 0 Å². The Morgan fingerprint density at radius 1 is 1.19 bits per heavy atom. The zero-order chi connectivity index (χ0) is 19.2. The van der Waals surface area contributed by atoms with Crippen LogP contribution >= 0.6 is 0 Å². The summed E-state index contributed by atoms with van der Waals surface area (Å²) in [6, 6.07) is 0. The van der Waals surface area contributed by atoms with Gasteiger partial charge in [0, 0.05) is 11.8 Å². The summed E-state index contributed by atoms with van der Waals surface area (Å²) in [6.45, 7) is 1.15. The van der Waals surface area contributed by atoms with Crippen LogP contribution in [0.4, 0.5) is 0 Å². The van der Waals surface area contributed by atoms with Crippen molar-refractivity contribution in [3.05, 3.63) is 11.8 Å². The molecule has 6 N–H and O–H groups in total. The fraction of sp³-hybridized carbons (Fsp3) is 0.812. The van der Waals surface area contributed by atoms with E-state index in [0.29, 0.717) is 0 Å². The molecule has 2 heterocycles. The quantitative estimate of drug-likeness (QED) is 0.316. The normalized spacial score (nSPS) is 48.5. The van der Waals surface area contributed by atoms with Crippen LogP contribution in [0.2, 0.25) is 0 Å². The van der Waals surface area contributed by atoms with E-state index in [-0.39, 0.29) is 17.9 Å². The van der Waals surface area contributed by atoms with E-state index in [1.807, 2.05) is 0 Å². The van der Waals surface area contributed by atoms with Gasteiger partial charge in [-0.1, -0.05) is 6.92 Å². The van der Waals surface area contributed by atoms with Crippen LogP contribution in [0, 0.1) is 17.8 Å². The number of aliphatic hydroxyl groups excluding tert-OH is 5. The molecule has 26 heavy (non-hydrogen) atoms. The number of carbonyl (C=O) groups is 1. The summed E-state index contributed by atoms with van der Waals surface area (Å²) in [5.41, 5.74) is 0.0343. The van der Waals surface area contributed by atoms with E-state index in [9.17, 15) is 35.4 Å². The Morgan fingerprint density at radius 2 is 1.88 bits per heavy atom. The first-order chi connectivity index (χ1) is 12.3. The second-order valence-electron chi connectivity index (χ2n) is 7.06. The average Bonchev–Trinajstić information content (AvgIpc) is 2.90. The van der Waals surface area contributed by atoms with Gasteiger partial charge >= 0.3 is 5.97 Å². The fourth-order valence-electron chi connectivity index (χ4n) is 3.99. The number of aliphatic carboxylic acids is 1. The Kier molecular flexibility index (Phi) is 5.54. The van der Waals surface area contributed by atoms with Crippen molar-refractivity contribution >= 4 is 5.97 Å². The summed E-state index contributed by atoms with van der Waals surface area (Å²) in [4.78, 5) is 11.4. The van der Waals surface area contributed by atoms with Gasteiger partial charge in [0.15, 0.2) is 6.29 Å². The van der Waals surface area contributed by atoms with E-state index >= 15 is 0 Å². The van der Waals surface area contributed by atoms with Crippen molar-refractivity contribution < 1.29 is 49.6 Å². The minimum Gasteiger partial charge on any atom is -0.478 e. The monoisotopic (exact) mass is 376 g/mol. The molecule has 10 heteroatoms. The van der Waals surface area contributed by atoms with Gasteiger partial charge in [0.1, 0.15) is 24.4 Å².